The van der Waals surface area contributed by atoms with Crippen LogP contribution < -0.4 is 10.6 Å². The minimum Gasteiger partial charge on any atom is -0.443 e. The van der Waals surface area contributed by atoms with E-state index in [-0.39, 0.29) is 41.8 Å². The molecule has 2 aliphatic heterocycles. The van der Waals surface area contributed by atoms with E-state index >= 15 is 0 Å². The summed E-state index contributed by atoms with van der Waals surface area (Å²) in [5.74, 6) is -0.109. The van der Waals surface area contributed by atoms with Crippen molar-refractivity contribution in [3.05, 3.63) is 89.7 Å². The lowest BCUT2D eigenvalue weighted by molar-refractivity contribution is -0.138. The first-order chi connectivity index (χ1) is 20.2. The van der Waals surface area contributed by atoms with Gasteiger partial charge in [-0.05, 0) is 75.4 Å². The summed E-state index contributed by atoms with van der Waals surface area (Å²) in [4.78, 5) is 42.2. The van der Waals surface area contributed by atoms with Crippen LogP contribution in [0.15, 0.2) is 73.1 Å². The number of carbonyl (C=O) groups excluding carboxylic acids is 3. The fraction of sp³-hybridized carbons (Fsp3) is 0.441. The fourth-order valence-corrected chi connectivity index (χ4v) is 6.98. The first kappa shape index (κ1) is 28.1. The number of carbonyl (C=O) groups is 3. The quantitative estimate of drug-likeness (QED) is 0.385. The van der Waals surface area contributed by atoms with Crippen LogP contribution in [0.4, 0.5) is 10.5 Å². The average Bonchev–Trinajstić information content (AvgIpc) is 3.65. The second-order valence-electron chi connectivity index (χ2n) is 12.8. The molecule has 2 aromatic carbocycles. The number of aromatic nitrogens is 1. The lowest BCUT2D eigenvalue weighted by Crippen LogP contribution is -2.50. The van der Waals surface area contributed by atoms with Crippen LogP contribution in [-0.4, -0.2) is 45.6 Å². The second-order valence-corrected chi connectivity index (χ2v) is 12.8. The number of likely N-dealkylation sites (tertiary alicyclic amines) is 1. The molecule has 220 valence electrons. The van der Waals surface area contributed by atoms with Crippen molar-refractivity contribution in [2.24, 2.45) is 11.8 Å². The van der Waals surface area contributed by atoms with Gasteiger partial charge in [-0.25, -0.2) is 4.79 Å². The highest BCUT2D eigenvalue weighted by molar-refractivity contribution is 5.95. The minimum absolute atomic E-state index is 0.0636. The SMILES string of the molecule is CC(C)(C)OC(=O)n1ccc([C@H]2Nc3ccccc3[C@@H]3[C@H]2CCN3C(=O)[C@H]2CCCC[C@H]2NC(=O)c2ccccc2)c1. The molecule has 1 aromatic heterocycles. The number of ether oxygens (including phenoxy) is 1. The average molecular weight is 569 g/mol. The topological polar surface area (TPSA) is 92.7 Å². The zero-order chi connectivity index (χ0) is 29.4. The summed E-state index contributed by atoms with van der Waals surface area (Å²) in [6.07, 6.45) is 7.58. The number of hydrogen-bond donors (Lipinski definition) is 2. The maximum Gasteiger partial charge on any atom is 0.418 e. The van der Waals surface area contributed by atoms with E-state index in [1.165, 1.54) is 4.57 Å². The van der Waals surface area contributed by atoms with Crippen LogP contribution in [0, 0.1) is 11.8 Å². The Morgan fingerprint density at radius 2 is 1.67 bits per heavy atom. The smallest absolute Gasteiger partial charge is 0.418 e. The van der Waals surface area contributed by atoms with Crippen molar-refractivity contribution in [2.45, 2.75) is 76.6 Å². The van der Waals surface area contributed by atoms with Crippen molar-refractivity contribution >= 4 is 23.6 Å². The highest BCUT2D eigenvalue weighted by atomic mass is 16.6. The summed E-state index contributed by atoms with van der Waals surface area (Å²) >= 11 is 0. The molecule has 5 atom stereocenters. The van der Waals surface area contributed by atoms with E-state index in [4.69, 9.17) is 4.74 Å². The van der Waals surface area contributed by atoms with Gasteiger partial charge >= 0.3 is 6.09 Å². The summed E-state index contributed by atoms with van der Waals surface area (Å²) in [5.41, 5.74) is 3.15. The number of anilines is 1. The first-order valence-electron chi connectivity index (χ1n) is 15.1. The third-order valence-electron chi connectivity index (χ3n) is 8.86. The van der Waals surface area contributed by atoms with Crippen molar-refractivity contribution in [3.63, 3.8) is 0 Å². The Morgan fingerprint density at radius 1 is 0.929 bits per heavy atom. The maximum absolute atomic E-state index is 14.4. The molecule has 0 bridgehead atoms. The van der Waals surface area contributed by atoms with Crippen molar-refractivity contribution in [3.8, 4) is 0 Å². The fourth-order valence-electron chi connectivity index (χ4n) is 6.98. The highest BCUT2D eigenvalue weighted by Crippen LogP contribution is 2.52. The number of rotatable bonds is 4. The molecule has 2 N–H and O–H groups in total. The van der Waals surface area contributed by atoms with E-state index in [1.54, 1.807) is 6.20 Å². The van der Waals surface area contributed by atoms with Crippen molar-refractivity contribution in [1.82, 2.24) is 14.8 Å². The standard InChI is InChI=1S/C34H40N4O4/c1-34(2,3)42-33(41)37-19-17-23(21-37)29-26-18-20-38(30(26)24-13-7-9-15-27(24)35-29)32(40)25-14-8-10-16-28(25)36-31(39)22-11-5-4-6-12-22/h4-7,9,11-13,15,17,19,21,25-26,28-30,35H,8,10,14,16,18,20H2,1-3H3,(H,36,39)/t25-,26-,28+,29+,30+/m0/s1. The van der Waals surface area contributed by atoms with Gasteiger partial charge in [0.2, 0.25) is 5.91 Å². The van der Waals surface area contributed by atoms with E-state index in [2.05, 4.69) is 27.7 Å². The van der Waals surface area contributed by atoms with Crippen LogP contribution in [0.1, 0.15) is 86.4 Å². The summed E-state index contributed by atoms with van der Waals surface area (Å²) in [6, 6.07) is 19.1. The van der Waals surface area contributed by atoms with Gasteiger partial charge in [0.15, 0.2) is 0 Å². The van der Waals surface area contributed by atoms with Crippen LogP contribution in [-0.2, 0) is 9.53 Å². The number of fused-ring (bicyclic) bond motifs is 3. The summed E-state index contributed by atoms with van der Waals surface area (Å²) in [6.45, 7) is 6.22. The normalized spacial score (nSPS) is 25.1. The molecule has 0 unspecified atom stereocenters. The van der Waals surface area contributed by atoms with Gasteiger partial charge < -0.3 is 20.3 Å². The van der Waals surface area contributed by atoms with Crippen LogP contribution >= 0.6 is 0 Å². The van der Waals surface area contributed by atoms with E-state index in [9.17, 15) is 14.4 Å². The van der Waals surface area contributed by atoms with E-state index < -0.39 is 11.7 Å². The third-order valence-corrected chi connectivity index (χ3v) is 8.86. The number of nitrogens with one attached hydrogen (secondary N) is 2. The van der Waals surface area contributed by atoms with Crippen LogP contribution in [0.25, 0.3) is 0 Å². The zero-order valence-corrected chi connectivity index (χ0v) is 24.6. The molecular formula is C34H40N4O4. The zero-order valence-electron chi connectivity index (χ0n) is 24.6. The second kappa shape index (κ2) is 11.3. The van der Waals surface area contributed by atoms with E-state index in [0.29, 0.717) is 12.1 Å². The highest BCUT2D eigenvalue weighted by Gasteiger charge is 2.48. The molecule has 3 aromatic rings. The molecule has 1 saturated carbocycles. The third kappa shape index (κ3) is 5.54. The number of hydrogen-bond acceptors (Lipinski definition) is 5. The molecule has 0 spiro atoms. The molecule has 2 fully saturated rings. The Balaban J connectivity index is 1.25. The number of amides is 2. The predicted octanol–water partition coefficient (Wildman–Crippen LogP) is 6.32. The van der Waals surface area contributed by atoms with Gasteiger partial charge in [0.25, 0.3) is 5.91 Å². The lowest BCUT2D eigenvalue weighted by Gasteiger charge is -2.41. The number of benzene rings is 2. The van der Waals surface area contributed by atoms with Crippen LogP contribution in [0.5, 0.6) is 0 Å². The molecule has 2 amide bonds. The Labute approximate surface area is 247 Å². The minimum atomic E-state index is -0.585. The molecule has 1 aliphatic carbocycles. The molecule has 1 saturated heterocycles. The summed E-state index contributed by atoms with van der Waals surface area (Å²) in [7, 11) is 0. The number of nitrogens with zero attached hydrogens (tertiary/aromatic N) is 2. The van der Waals surface area contributed by atoms with E-state index in [0.717, 1.165) is 48.9 Å². The molecule has 3 heterocycles. The van der Waals surface area contributed by atoms with Gasteiger partial charge in [-0.2, -0.15) is 0 Å². The van der Waals surface area contributed by atoms with Gasteiger partial charge in [0.1, 0.15) is 5.60 Å². The monoisotopic (exact) mass is 568 g/mol. The van der Waals surface area contributed by atoms with Gasteiger partial charge in [0, 0.05) is 42.1 Å². The first-order valence-corrected chi connectivity index (χ1v) is 15.1. The lowest BCUT2D eigenvalue weighted by atomic mass is 9.79. The number of para-hydroxylation sites is 1. The Bertz CT molecular complexity index is 1460. The van der Waals surface area contributed by atoms with Crippen molar-refractivity contribution in [2.75, 3.05) is 11.9 Å². The predicted molar refractivity (Wildman–Crippen MR) is 161 cm³/mol. The largest absolute Gasteiger partial charge is 0.443 e. The van der Waals surface area contributed by atoms with E-state index in [1.807, 2.05) is 75.5 Å². The van der Waals surface area contributed by atoms with Crippen molar-refractivity contribution < 1.29 is 19.1 Å². The Kier molecular flexibility index (Phi) is 7.56. The van der Waals surface area contributed by atoms with Crippen molar-refractivity contribution in [1.29, 1.82) is 0 Å². The van der Waals surface area contributed by atoms with Crippen LogP contribution in [0.2, 0.25) is 0 Å². The molecule has 42 heavy (non-hydrogen) atoms. The maximum atomic E-state index is 14.4. The molecule has 3 aliphatic rings. The molecule has 0 radical (unpaired) electrons. The Morgan fingerprint density at radius 3 is 2.45 bits per heavy atom. The molecule has 8 nitrogen and oxygen atoms in total. The summed E-state index contributed by atoms with van der Waals surface area (Å²) in [5, 5.41) is 6.92. The molecular weight excluding hydrogens is 528 g/mol. The van der Waals surface area contributed by atoms with Gasteiger partial charge in [-0.3, -0.25) is 14.2 Å². The van der Waals surface area contributed by atoms with Crippen LogP contribution in [0.3, 0.4) is 0 Å². The molecule has 6 rings (SSSR count). The van der Waals surface area contributed by atoms with Gasteiger partial charge in [-0.1, -0.05) is 49.2 Å². The van der Waals surface area contributed by atoms with Gasteiger partial charge in [0.05, 0.1) is 18.0 Å². The van der Waals surface area contributed by atoms with Gasteiger partial charge in [-0.15, -0.1) is 0 Å². The molecule has 8 heteroatoms. The summed E-state index contributed by atoms with van der Waals surface area (Å²) < 4.78 is 7.07. The Hall–Kier alpha value is -4.07.